The minimum absolute atomic E-state index is 0.164. The van der Waals surface area contributed by atoms with Crippen LogP contribution in [0.25, 0.3) is 10.2 Å². The van der Waals surface area contributed by atoms with E-state index in [0.717, 1.165) is 26.6 Å². The quantitative estimate of drug-likeness (QED) is 0.439. The van der Waals surface area contributed by atoms with E-state index in [2.05, 4.69) is 23.4 Å². The summed E-state index contributed by atoms with van der Waals surface area (Å²) in [4.78, 5) is 29.0. The lowest BCUT2D eigenvalue weighted by atomic mass is 10.1. The van der Waals surface area contributed by atoms with Gasteiger partial charge < -0.3 is 9.30 Å². The summed E-state index contributed by atoms with van der Waals surface area (Å²) < 4.78 is 8.42. The smallest absolute Gasteiger partial charge is 0.306 e. The van der Waals surface area contributed by atoms with Crippen molar-refractivity contribution in [2.24, 2.45) is 0 Å². The third-order valence-corrected chi connectivity index (χ3v) is 5.64. The van der Waals surface area contributed by atoms with Crippen molar-refractivity contribution in [3.8, 4) is 0 Å². The maximum absolute atomic E-state index is 12.4. The molecular formula is C21H24N2O3S. The van der Waals surface area contributed by atoms with E-state index in [0.29, 0.717) is 12.0 Å². The van der Waals surface area contributed by atoms with E-state index >= 15 is 0 Å². The lowest BCUT2D eigenvalue weighted by Gasteiger charge is -2.13. The number of fused-ring (bicyclic) bond motifs is 1. The summed E-state index contributed by atoms with van der Waals surface area (Å²) in [5.41, 5.74) is 3.52. The average Bonchev–Trinajstić information content (AvgIpc) is 3.17. The first-order chi connectivity index (χ1) is 12.9. The zero-order chi connectivity index (χ0) is 19.6. The first kappa shape index (κ1) is 19.3. The first-order valence-electron chi connectivity index (χ1n) is 9.08. The van der Waals surface area contributed by atoms with Gasteiger partial charge >= 0.3 is 5.97 Å². The van der Waals surface area contributed by atoms with E-state index in [1.165, 1.54) is 0 Å². The molecule has 142 valence electrons. The average molecular weight is 385 g/mol. The van der Waals surface area contributed by atoms with E-state index in [1.807, 2.05) is 44.2 Å². The summed E-state index contributed by atoms with van der Waals surface area (Å²) >= 11 is 1.58. The summed E-state index contributed by atoms with van der Waals surface area (Å²) in [5, 5.41) is 0.903. The number of nitrogens with zero attached hydrogens (tertiary/aromatic N) is 2. The minimum Gasteiger partial charge on any atom is -0.457 e. The molecule has 0 saturated heterocycles. The van der Waals surface area contributed by atoms with E-state index in [1.54, 1.807) is 11.3 Å². The van der Waals surface area contributed by atoms with Crippen molar-refractivity contribution >= 4 is 33.3 Å². The fourth-order valence-corrected chi connectivity index (χ4v) is 4.35. The Morgan fingerprint density at radius 1 is 1.22 bits per heavy atom. The van der Waals surface area contributed by atoms with Crippen molar-refractivity contribution in [3.63, 3.8) is 0 Å². The Bertz CT molecular complexity index is 952. The van der Waals surface area contributed by atoms with Crippen molar-refractivity contribution in [1.82, 2.24) is 9.55 Å². The number of hydrogen-bond donors (Lipinski definition) is 0. The monoisotopic (exact) mass is 384 g/mol. The van der Waals surface area contributed by atoms with Gasteiger partial charge in [-0.05, 0) is 45.9 Å². The highest BCUT2D eigenvalue weighted by Crippen LogP contribution is 2.23. The number of Topliss-reactive ketones (excluding diaryl/α,β-unsaturated/α-hetero) is 1. The van der Waals surface area contributed by atoms with Gasteiger partial charge in [0.1, 0.15) is 0 Å². The van der Waals surface area contributed by atoms with Crippen molar-refractivity contribution in [2.75, 3.05) is 6.61 Å². The second-order valence-corrected chi connectivity index (χ2v) is 8.02. The first-order valence-corrected chi connectivity index (χ1v) is 9.90. The molecule has 0 fully saturated rings. The topological polar surface area (TPSA) is 61.2 Å². The van der Waals surface area contributed by atoms with Crippen LogP contribution in [0.1, 0.15) is 53.1 Å². The largest absolute Gasteiger partial charge is 0.457 e. The highest BCUT2D eigenvalue weighted by atomic mass is 32.1. The Kier molecular flexibility index (Phi) is 5.75. The Morgan fingerprint density at radius 2 is 1.96 bits per heavy atom. The number of thiazole rings is 1. The maximum Gasteiger partial charge on any atom is 0.306 e. The summed E-state index contributed by atoms with van der Waals surface area (Å²) in [6.07, 6.45) is 0.742. The van der Waals surface area contributed by atoms with Crippen LogP contribution in [0.15, 0.2) is 30.3 Å². The molecule has 0 aliphatic carbocycles. The van der Waals surface area contributed by atoms with Gasteiger partial charge in [-0.25, -0.2) is 4.98 Å². The molecular weight excluding hydrogens is 360 g/mol. The van der Waals surface area contributed by atoms with Gasteiger partial charge in [0, 0.05) is 29.4 Å². The van der Waals surface area contributed by atoms with Crippen LogP contribution in [0, 0.1) is 13.8 Å². The molecule has 0 bridgehead atoms. The van der Waals surface area contributed by atoms with Crippen LogP contribution in [0.2, 0.25) is 0 Å². The van der Waals surface area contributed by atoms with E-state index in [-0.39, 0.29) is 30.8 Å². The molecule has 6 heteroatoms. The summed E-state index contributed by atoms with van der Waals surface area (Å²) in [5.74, 6) is -0.538. The normalized spacial score (nSPS) is 11.3. The Hall–Kier alpha value is -2.47. The molecule has 0 radical (unpaired) electrons. The summed E-state index contributed by atoms with van der Waals surface area (Å²) in [7, 11) is 0. The second-order valence-electron chi connectivity index (χ2n) is 6.91. The maximum atomic E-state index is 12.4. The number of aromatic nitrogens is 2. The second kappa shape index (κ2) is 8.05. The Morgan fingerprint density at radius 3 is 2.63 bits per heavy atom. The number of carbonyl (C=O) groups is 2. The van der Waals surface area contributed by atoms with Crippen LogP contribution in [0.5, 0.6) is 0 Å². The summed E-state index contributed by atoms with van der Waals surface area (Å²) in [6.45, 7) is 7.84. The van der Waals surface area contributed by atoms with Gasteiger partial charge in [-0.2, -0.15) is 0 Å². The predicted octanol–water partition coefficient (Wildman–Crippen LogP) is 4.65. The fourth-order valence-electron chi connectivity index (χ4n) is 3.39. The highest BCUT2D eigenvalue weighted by Gasteiger charge is 2.18. The molecule has 0 spiro atoms. The molecule has 0 N–H and O–H groups in total. The van der Waals surface area contributed by atoms with E-state index < -0.39 is 0 Å². The number of rotatable bonds is 7. The fraction of sp³-hybridized carbons (Fsp3) is 0.381. The molecule has 0 aliphatic heterocycles. The number of ether oxygens (including phenoxy) is 1. The van der Waals surface area contributed by atoms with Crippen molar-refractivity contribution in [3.05, 3.63) is 52.3 Å². The minimum atomic E-state index is -0.375. The SMILES string of the molecule is Cc1cc(C(=O)COC(=O)CCc2nc3ccccc3s2)c(C)n1C(C)C. The molecule has 27 heavy (non-hydrogen) atoms. The van der Waals surface area contributed by atoms with Gasteiger partial charge in [0.25, 0.3) is 0 Å². The lowest BCUT2D eigenvalue weighted by molar-refractivity contribution is -0.142. The van der Waals surface area contributed by atoms with Gasteiger partial charge in [0.2, 0.25) is 5.78 Å². The predicted molar refractivity (Wildman–Crippen MR) is 108 cm³/mol. The van der Waals surface area contributed by atoms with Crippen molar-refractivity contribution in [2.45, 2.75) is 46.6 Å². The molecule has 2 aromatic heterocycles. The van der Waals surface area contributed by atoms with Gasteiger partial charge in [0.05, 0.1) is 21.6 Å². The third kappa shape index (κ3) is 4.27. The number of hydrogen-bond acceptors (Lipinski definition) is 5. The van der Waals surface area contributed by atoms with Gasteiger partial charge in [-0.1, -0.05) is 12.1 Å². The number of aryl methyl sites for hydroxylation is 2. The van der Waals surface area contributed by atoms with Crippen molar-refractivity contribution in [1.29, 1.82) is 0 Å². The standard InChI is InChI=1S/C21H24N2O3S/c1-13(2)23-14(3)11-16(15(23)4)18(24)12-26-21(25)10-9-20-22-17-7-5-6-8-19(17)27-20/h5-8,11,13H,9-10,12H2,1-4H3. The third-order valence-electron chi connectivity index (χ3n) is 4.55. The summed E-state index contributed by atoms with van der Waals surface area (Å²) in [6, 6.07) is 10.0. The molecule has 3 rings (SSSR count). The van der Waals surface area contributed by atoms with Gasteiger partial charge in [-0.15, -0.1) is 11.3 Å². The number of esters is 1. The molecule has 0 unspecified atom stereocenters. The number of benzene rings is 1. The molecule has 0 saturated carbocycles. The molecule has 5 nitrogen and oxygen atoms in total. The zero-order valence-electron chi connectivity index (χ0n) is 16.1. The molecule has 2 heterocycles. The molecule has 3 aromatic rings. The number of para-hydroxylation sites is 1. The van der Waals surface area contributed by atoms with E-state index in [9.17, 15) is 9.59 Å². The van der Waals surface area contributed by atoms with Crippen LogP contribution < -0.4 is 0 Å². The highest BCUT2D eigenvalue weighted by molar-refractivity contribution is 7.18. The van der Waals surface area contributed by atoms with Gasteiger partial charge in [0.15, 0.2) is 6.61 Å². The lowest BCUT2D eigenvalue weighted by Crippen LogP contribution is -2.15. The molecule has 0 amide bonds. The van der Waals surface area contributed by atoms with Gasteiger partial charge in [-0.3, -0.25) is 9.59 Å². The molecule has 0 atom stereocenters. The van der Waals surface area contributed by atoms with Crippen LogP contribution in [0.3, 0.4) is 0 Å². The molecule has 0 aliphatic rings. The number of carbonyl (C=O) groups excluding carboxylic acids is 2. The van der Waals surface area contributed by atoms with Crippen LogP contribution in [-0.4, -0.2) is 27.9 Å². The van der Waals surface area contributed by atoms with Crippen molar-refractivity contribution < 1.29 is 14.3 Å². The van der Waals surface area contributed by atoms with Crippen LogP contribution in [0.4, 0.5) is 0 Å². The number of ketones is 1. The Labute approximate surface area is 163 Å². The Balaban J connectivity index is 1.54. The van der Waals surface area contributed by atoms with Crippen LogP contribution >= 0.6 is 11.3 Å². The zero-order valence-corrected chi connectivity index (χ0v) is 16.9. The van der Waals surface area contributed by atoms with Crippen LogP contribution in [-0.2, 0) is 16.0 Å². The molecule has 1 aromatic carbocycles. The van der Waals surface area contributed by atoms with E-state index in [4.69, 9.17) is 4.74 Å².